The van der Waals surface area contributed by atoms with Gasteiger partial charge in [0.1, 0.15) is 12.7 Å². The highest BCUT2D eigenvalue weighted by molar-refractivity contribution is 5.67. The van der Waals surface area contributed by atoms with Gasteiger partial charge < -0.3 is 33.7 Å². The molecule has 1 N–H and O–H groups in total. The second-order valence-corrected chi connectivity index (χ2v) is 4.90. The lowest BCUT2D eigenvalue weighted by atomic mass is 10.4. The Hall–Kier alpha value is -0.930. The first-order valence-corrected chi connectivity index (χ1v) is 8.19. The number of carbonyl (C=O) groups is 1. The van der Waals surface area contributed by atoms with Crippen LogP contribution in [0.25, 0.3) is 0 Å². The minimum atomic E-state index is -0.482. The average Bonchev–Trinajstić information content (AvgIpc) is 2.59. The van der Waals surface area contributed by atoms with Gasteiger partial charge in [-0.15, -0.1) is 0 Å². The van der Waals surface area contributed by atoms with Gasteiger partial charge in [-0.2, -0.15) is 0 Å². The highest BCUT2D eigenvalue weighted by atomic mass is 16.6. The molecule has 0 aliphatic heterocycles. The van der Waals surface area contributed by atoms with Crippen molar-refractivity contribution in [1.82, 2.24) is 5.32 Å². The normalized spacial score (nSPS) is 12.1. The van der Waals surface area contributed by atoms with Crippen LogP contribution in [-0.4, -0.2) is 85.8 Å². The van der Waals surface area contributed by atoms with Gasteiger partial charge in [0.25, 0.3) is 0 Å². The molecule has 0 aliphatic carbocycles. The van der Waals surface area contributed by atoms with E-state index in [-0.39, 0.29) is 12.7 Å². The number of rotatable bonds is 17. The summed E-state index contributed by atoms with van der Waals surface area (Å²) in [5.41, 5.74) is 0. The monoisotopic (exact) mass is 350 g/mol. The number of methoxy groups -OCH3 is 2. The van der Waals surface area contributed by atoms with Crippen molar-refractivity contribution in [2.45, 2.75) is 18.9 Å². The number of alkyl carbamates (subject to hydrolysis) is 1. The molecule has 8 nitrogen and oxygen atoms in total. The van der Waals surface area contributed by atoms with E-state index in [0.29, 0.717) is 52.8 Å². The van der Waals surface area contributed by atoms with E-state index >= 15 is 0 Å². The first-order chi connectivity index (χ1) is 11.7. The Morgan fingerprint density at radius 3 is 2.42 bits per heavy atom. The number of hydrogen-bond acceptors (Lipinski definition) is 7. The van der Waals surface area contributed by atoms with E-state index in [1.165, 1.54) is 0 Å². The first-order valence-electron chi connectivity index (χ1n) is 8.19. The smallest absolute Gasteiger partial charge is 0.407 e. The zero-order valence-electron chi connectivity index (χ0n) is 14.9. The van der Waals surface area contributed by atoms with E-state index in [9.17, 15) is 4.79 Å². The Bertz CT molecular complexity index is 279. The topological polar surface area (TPSA) is 84.5 Å². The fraction of sp³-hybridized carbons (Fsp3) is 0.875. The van der Waals surface area contributed by atoms with Gasteiger partial charge in [-0.1, -0.05) is 6.92 Å². The number of amides is 1. The molecule has 0 aliphatic rings. The molecular weight excluding hydrogens is 318 g/mol. The predicted molar refractivity (Wildman–Crippen MR) is 89.1 cm³/mol. The fourth-order valence-electron chi connectivity index (χ4n) is 1.59. The summed E-state index contributed by atoms with van der Waals surface area (Å²) in [4.78, 5) is 11.6. The van der Waals surface area contributed by atoms with Crippen molar-refractivity contribution in [3.63, 3.8) is 0 Å². The second-order valence-electron chi connectivity index (χ2n) is 4.90. The molecule has 1 atom stereocenters. The van der Waals surface area contributed by atoms with Crippen molar-refractivity contribution in [2.24, 2.45) is 0 Å². The summed E-state index contributed by atoms with van der Waals surface area (Å²) in [7, 11) is 3.20. The maximum Gasteiger partial charge on any atom is 0.407 e. The van der Waals surface area contributed by atoms with E-state index in [1.54, 1.807) is 14.2 Å². The molecule has 0 saturated carbocycles. The molecule has 8 heteroatoms. The van der Waals surface area contributed by atoms with Crippen molar-refractivity contribution in [3.8, 4) is 0 Å². The maximum atomic E-state index is 11.6. The molecule has 0 bridgehead atoms. The van der Waals surface area contributed by atoms with Crippen LogP contribution in [0.4, 0.5) is 4.79 Å². The van der Waals surface area contributed by atoms with Gasteiger partial charge in [0.2, 0.25) is 0 Å². The van der Waals surface area contributed by atoms with Crippen molar-refractivity contribution < 1.29 is 33.2 Å². The molecule has 0 aromatic carbocycles. The minimum absolute atomic E-state index is 0.112. The van der Waals surface area contributed by atoms with Crippen LogP contribution in [0, 0.1) is 6.92 Å². The molecule has 1 radical (unpaired) electrons. The van der Waals surface area contributed by atoms with Crippen LogP contribution in [0.15, 0.2) is 0 Å². The van der Waals surface area contributed by atoms with Crippen LogP contribution >= 0.6 is 0 Å². The third kappa shape index (κ3) is 15.9. The number of ether oxygens (including phenoxy) is 6. The molecular formula is C16H32NO7. The van der Waals surface area contributed by atoms with Crippen molar-refractivity contribution in [2.75, 3.05) is 73.6 Å². The van der Waals surface area contributed by atoms with Crippen molar-refractivity contribution in [3.05, 3.63) is 6.92 Å². The molecule has 0 fully saturated rings. The Kier molecular flexibility index (Phi) is 17.7. The highest BCUT2D eigenvalue weighted by Gasteiger charge is 2.13. The quantitative estimate of drug-likeness (QED) is 0.392. The van der Waals surface area contributed by atoms with Crippen LogP contribution in [0.2, 0.25) is 0 Å². The largest absolute Gasteiger partial charge is 0.447 e. The molecule has 0 saturated heterocycles. The van der Waals surface area contributed by atoms with Crippen LogP contribution in [0.3, 0.4) is 0 Å². The number of carbonyl (C=O) groups excluding carboxylic acids is 1. The van der Waals surface area contributed by atoms with Crippen LogP contribution in [0.1, 0.15) is 12.8 Å². The zero-order chi connectivity index (χ0) is 17.9. The predicted octanol–water partition coefficient (Wildman–Crippen LogP) is 1.04. The summed E-state index contributed by atoms with van der Waals surface area (Å²) < 4.78 is 31.2. The van der Waals surface area contributed by atoms with Crippen LogP contribution in [-0.2, 0) is 28.4 Å². The van der Waals surface area contributed by atoms with Gasteiger partial charge in [0.15, 0.2) is 0 Å². The van der Waals surface area contributed by atoms with E-state index in [2.05, 4.69) is 12.2 Å². The Morgan fingerprint density at radius 1 is 0.958 bits per heavy atom. The van der Waals surface area contributed by atoms with Gasteiger partial charge >= 0.3 is 6.09 Å². The van der Waals surface area contributed by atoms with Gasteiger partial charge in [-0.3, -0.25) is 0 Å². The summed E-state index contributed by atoms with van der Waals surface area (Å²) in [5, 5.41) is 2.66. The van der Waals surface area contributed by atoms with Crippen LogP contribution < -0.4 is 5.32 Å². The number of nitrogens with one attached hydrogen (secondary N) is 1. The molecule has 143 valence electrons. The summed E-state index contributed by atoms with van der Waals surface area (Å²) in [5.74, 6) is 0. The molecule has 0 heterocycles. The standard InChI is InChI=1S/C16H32NO7/c1-4-7-21-8-5-6-17-16(18)24-14-15(23-12-10-20-3)13-22-11-9-19-2/h15H,1,4-14H2,2-3H3,(H,17,18). The second kappa shape index (κ2) is 18.4. The lowest BCUT2D eigenvalue weighted by molar-refractivity contribution is -0.0624. The Balaban J connectivity index is 3.80. The lowest BCUT2D eigenvalue weighted by Crippen LogP contribution is -2.33. The van der Waals surface area contributed by atoms with Gasteiger partial charge in [0, 0.05) is 34.0 Å². The number of hydrogen-bond donors (Lipinski definition) is 1. The van der Waals surface area contributed by atoms with E-state index < -0.39 is 6.09 Å². The van der Waals surface area contributed by atoms with Crippen molar-refractivity contribution in [1.29, 1.82) is 0 Å². The molecule has 0 rings (SSSR count). The van der Waals surface area contributed by atoms with Crippen molar-refractivity contribution >= 4 is 6.09 Å². The fourth-order valence-corrected chi connectivity index (χ4v) is 1.59. The zero-order valence-corrected chi connectivity index (χ0v) is 14.9. The Labute approximate surface area is 145 Å². The van der Waals surface area contributed by atoms with E-state index in [0.717, 1.165) is 12.8 Å². The molecule has 24 heavy (non-hydrogen) atoms. The van der Waals surface area contributed by atoms with Gasteiger partial charge in [-0.25, -0.2) is 4.79 Å². The summed E-state index contributed by atoms with van der Waals surface area (Å²) >= 11 is 0. The summed E-state index contributed by atoms with van der Waals surface area (Å²) in [6, 6.07) is 0. The Morgan fingerprint density at radius 2 is 1.71 bits per heavy atom. The highest BCUT2D eigenvalue weighted by Crippen LogP contribution is 1.97. The molecule has 1 unspecified atom stereocenters. The minimum Gasteiger partial charge on any atom is -0.447 e. The van der Waals surface area contributed by atoms with E-state index in [4.69, 9.17) is 28.4 Å². The first kappa shape index (κ1) is 23.1. The molecule has 0 spiro atoms. The maximum absolute atomic E-state index is 11.6. The third-order valence-corrected chi connectivity index (χ3v) is 2.80. The van der Waals surface area contributed by atoms with Gasteiger partial charge in [-0.05, 0) is 12.8 Å². The average molecular weight is 350 g/mol. The summed E-state index contributed by atoms with van der Waals surface area (Å²) in [6.45, 7) is 7.66. The lowest BCUT2D eigenvalue weighted by Gasteiger charge is -2.18. The molecule has 0 aromatic rings. The van der Waals surface area contributed by atoms with Crippen LogP contribution in [0.5, 0.6) is 0 Å². The molecule has 0 aromatic heterocycles. The third-order valence-electron chi connectivity index (χ3n) is 2.80. The van der Waals surface area contributed by atoms with E-state index in [1.807, 2.05) is 0 Å². The molecule has 1 amide bonds. The van der Waals surface area contributed by atoms with Gasteiger partial charge in [0.05, 0.1) is 33.0 Å². The summed E-state index contributed by atoms with van der Waals surface area (Å²) in [6.07, 6.45) is 0.641. The SMILES string of the molecule is [CH2]CCOCCCNC(=O)OCC(COCCOC)OCCOC.